The lowest BCUT2D eigenvalue weighted by Crippen LogP contribution is -2.36. The summed E-state index contributed by atoms with van der Waals surface area (Å²) in [5.74, 6) is 0.419. The van der Waals surface area contributed by atoms with Crippen LogP contribution in [0.25, 0.3) is 10.9 Å². The molecule has 2 aromatic carbocycles. The number of para-hydroxylation sites is 1. The van der Waals surface area contributed by atoms with Crippen LogP contribution in [0.4, 0.5) is 16.2 Å². The highest BCUT2D eigenvalue weighted by Gasteiger charge is 2.13. The molecule has 128 valence electrons. The molecule has 2 N–H and O–H groups in total. The number of anilines is 2. The van der Waals surface area contributed by atoms with Gasteiger partial charge < -0.3 is 19.4 Å². The molecule has 1 aliphatic rings. The number of ether oxygens (including phenoxy) is 2. The number of morpholine rings is 1. The van der Waals surface area contributed by atoms with Crippen molar-refractivity contribution in [2.45, 2.75) is 0 Å². The zero-order valence-electron chi connectivity index (χ0n) is 13.7. The number of hydrogen-bond acceptors (Lipinski definition) is 4. The van der Waals surface area contributed by atoms with Crippen LogP contribution < -0.4 is 15.0 Å². The van der Waals surface area contributed by atoms with Gasteiger partial charge in [0.1, 0.15) is 0 Å². The van der Waals surface area contributed by atoms with Crippen LogP contribution in [-0.2, 0) is 4.74 Å². The molecule has 1 saturated heterocycles. The second-order valence-corrected chi connectivity index (χ2v) is 5.89. The summed E-state index contributed by atoms with van der Waals surface area (Å²) in [6.07, 6.45) is -0.523. The van der Waals surface area contributed by atoms with Crippen molar-refractivity contribution >= 4 is 28.4 Å². The Hall–Kier alpha value is -2.99. The average molecular weight is 337 g/mol. The minimum atomic E-state index is -0.523. The molecule has 0 spiro atoms. The third kappa shape index (κ3) is 3.59. The Morgan fingerprint density at radius 2 is 1.92 bits per heavy atom. The summed E-state index contributed by atoms with van der Waals surface area (Å²) in [6.45, 7) is 3.14. The predicted molar refractivity (Wildman–Crippen MR) is 97.4 cm³/mol. The molecule has 2 heterocycles. The molecular formula is C19H19N3O3. The number of carbonyl (C=O) groups is 1. The van der Waals surface area contributed by atoms with E-state index in [0.717, 1.165) is 42.9 Å². The van der Waals surface area contributed by atoms with Crippen molar-refractivity contribution in [1.29, 1.82) is 0 Å². The molecule has 25 heavy (non-hydrogen) atoms. The molecule has 3 aromatic rings. The maximum absolute atomic E-state index is 12.2. The third-order valence-electron chi connectivity index (χ3n) is 4.18. The number of nitrogens with zero attached hydrogens (tertiary/aromatic N) is 1. The van der Waals surface area contributed by atoms with Gasteiger partial charge in [0.05, 0.1) is 13.2 Å². The Bertz CT molecular complexity index is 851. The Balaban J connectivity index is 1.43. The zero-order valence-corrected chi connectivity index (χ0v) is 13.7. The lowest BCUT2D eigenvalue weighted by Gasteiger charge is -2.29. The maximum atomic E-state index is 12.2. The van der Waals surface area contributed by atoms with E-state index in [4.69, 9.17) is 9.47 Å². The van der Waals surface area contributed by atoms with Crippen LogP contribution in [0.15, 0.2) is 54.6 Å². The van der Waals surface area contributed by atoms with Crippen molar-refractivity contribution in [3.63, 3.8) is 0 Å². The van der Waals surface area contributed by atoms with E-state index in [2.05, 4.69) is 15.2 Å². The lowest BCUT2D eigenvalue weighted by molar-refractivity contribution is 0.122. The summed E-state index contributed by atoms with van der Waals surface area (Å²) in [6, 6.07) is 17.3. The molecule has 0 aliphatic carbocycles. The number of hydrogen-bond donors (Lipinski definition) is 2. The molecular weight excluding hydrogens is 318 g/mol. The first-order valence-electron chi connectivity index (χ1n) is 8.27. The van der Waals surface area contributed by atoms with E-state index in [-0.39, 0.29) is 0 Å². The van der Waals surface area contributed by atoms with Gasteiger partial charge in [-0.3, -0.25) is 5.32 Å². The summed E-state index contributed by atoms with van der Waals surface area (Å²) in [5, 5.41) is 3.77. The van der Waals surface area contributed by atoms with Gasteiger partial charge in [-0.1, -0.05) is 24.3 Å². The average Bonchev–Trinajstić information content (AvgIpc) is 3.04. The Kier molecular flexibility index (Phi) is 4.26. The second kappa shape index (κ2) is 6.86. The Labute approximate surface area is 145 Å². The van der Waals surface area contributed by atoms with E-state index >= 15 is 0 Å². The van der Waals surface area contributed by atoms with Crippen molar-refractivity contribution in [2.75, 3.05) is 36.5 Å². The van der Waals surface area contributed by atoms with Crippen molar-refractivity contribution < 1.29 is 14.3 Å². The molecule has 1 aliphatic heterocycles. The summed E-state index contributed by atoms with van der Waals surface area (Å²) in [4.78, 5) is 17.5. The number of benzene rings is 2. The normalized spacial score (nSPS) is 14.5. The van der Waals surface area contributed by atoms with Gasteiger partial charge in [-0.2, -0.15) is 0 Å². The number of amides is 1. The van der Waals surface area contributed by atoms with Gasteiger partial charge >= 0.3 is 6.09 Å². The van der Waals surface area contributed by atoms with Gasteiger partial charge in [-0.25, -0.2) is 4.79 Å². The first-order valence-corrected chi connectivity index (χ1v) is 8.27. The van der Waals surface area contributed by atoms with Crippen LogP contribution in [0.5, 0.6) is 5.88 Å². The molecule has 0 saturated carbocycles. The Morgan fingerprint density at radius 1 is 1.08 bits per heavy atom. The van der Waals surface area contributed by atoms with Crippen LogP contribution in [0.3, 0.4) is 0 Å². The second-order valence-electron chi connectivity index (χ2n) is 5.89. The van der Waals surface area contributed by atoms with Crippen molar-refractivity contribution in [2.24, 2.45) is 0 Å². The highest BCUT2D eigenvalue weighted by Crippen LogP contribution is 2.22. The van der Waals surface area contributed by atoms with Crippen LogP contribution in [-0.4, -0.2) is 37.4 Å². The summed E-state index contributed by atoms with van der Waals surface area (Å²) in [7, 11) is 0. The fourth-order valence-electron chi connectivity index (χ4n) is 2.95. The molecule has 4 rings (SSSR count). The van der Waals surface area contributed by atoms with E-state index in [1.54, 1.807) is 6.07 Å². The molecule has 6 heteroatoms. The molecule has 1 aromatic heterocycles. The van der Waals surface area contributed by atoms with Crippen molar-refractivity contribution in [3.05, 3.63) is 54.6 Å². The van der Waals surface area contributed by atoms with Crippen molar-refractivity contribution in [3.8, 4) is 5.88 Å². The number of rotatable bonds is 3. The number of aromatic nitrogens is 1. The van der Waals surface area contributed by atoms with Gasteiger partial charge in [-0.15, -0.1) is 0 Å². The van der Waals surface area contributed by atoms with E-state index in [9.17, 15) is 4.79 Å². The SMILES string of the molecule is O=C(Nc1cccc(N2CCOCC2)c1)Oc1cc2ccccc2[nH]1. The molecule has 1 fully saturated rings. The quantitative estimate of drug-likeness (QED) is 0.766. The standard InChI is InChI=1S/C19H19N3O3/c23-19(25-18-12-14-4-1-2-7-17(14)21-18)20-15-5-3-6-16(13-15)22-8-10-24-11-9-22/h1-7,12-13,21H,8-11H2,(H,20,23). The predicted octanol–water partition coefficient (Wildman–Crippen LogP) is 3.62. The number of nitrogens with one attached hydrogen (secondary N) is 2. The van der Waals surface area contributed by atoms with Crippen molar-refractivity contribution in [1.82, 2.24) is 4.98 Å². The number of aromatic amines is 1. The smallest absolute Gasteiger partial charge is 0.393 e. The molecule has 1 amide bonds. The van der Waals surface area contributed by atoms with Crippen LogP contribution in [0.2, 0.25) is 0 Å². The molecule has 6 nitrogen and oxygen atoms in total. The first kappa shape index (κ1) is 15.5. The van der Waals surface area contributed by atoms with Gasteiger partial charge in [-0.05, 0) is 24.3 Å². The monoisotopic (exact) mass is 337 g/mol. The largest absolute Gasteiger partial charge is 0.418 e. The van der Waals surface area contributed by atoms with E-state index in [1.807, 2.05) is 48.5 Å². The minimum Gasteiger partial charge on any atom is -0.393 e. The zero-order chi connectivity index (χ0) is 17.1. The van der Waals surface area contributed by atoms with E-state index < -0.39 is 6.09 Å². The van der Waals surface area contributed by atoms with Crippen LogP contribution in [0.1, 0.15) is 0 Å². The third-order valence-corrected chi connectivity index (χ3v) is 4.18. The number of carbonyl (C=O) groups excluding carboxylic acids is 1. The summed E-state index contributed by atoms with van der Waals surface area (Å²) in [5.41, 5.74) is 2.69. The van der Waals surface area contributed by atoms with Crippen LogP contribution >= 0.6 is 0 Å². The van der Waals surface area contributed by atoms with Gasteiger partial charge in [0.2, 0.25) is 5.88 Å². The molecule has 0 bridgehead atoms. The van der Waals surface area contributed by atoms with Gasteiger partial charge in [0, 0.05) is 41.4 Å². The highest BCUT2D eigenvalue weighted by atomic mass is 16.6. The fraction of sp³-hybridized carbons (Fsp3) is 0.211. The highest BCUT2D eigenvalue weighted by molar-refractivity contribution is 5.88. The summed E-state index contributed by atoms with van der Waals surface area (Å²) < 4.78 is 10.7. The minimum absolute atomic E-state index is 0.419. The van der Waals surface area contributed by atoms with E-state index in [1.165, 1.54) is 0 Å². The topological polar surface area (TPSA) is 66.6 Å². The Morgan fingerprint density at radius 3 is 2.76 bits per heavy atom. The fourth-order valence-corrected chi connectivity index (χ4v) is 2.95. The van der Waals surface area contributed by atoms with Crippen LogP contribution in [0, 0.1) is 0 Å². The molecule has 0 unspecified atom stereocenters. The molecule has 0 atom stereocenters. The lowest BCUT2D eigenvalue weighted by atomic mass is 10.2. The van der Waals surface area contributed by atoms with Gasteiger partial charge in [0.25, 0.3) is 0 Å². The summed E-state index contributed by atoms with van der Waals surface area (Å²) >= 11 is 0. The van der Waals surface area contributed by atoms with E-state index in [0.29, 0.717) is 11.6 Å². The first-order chi connectivity index (χ1) is 12.3. The van der Waals surface area contributed by atoms with Gasteiger partial charge in [0.15, 0.2) is 0 Å². The number of H-pyrrole nitrogens is 1. The maximum Gasteiger partial charge on any atom is 0.418 e. The molecule has 0 radical (unpaired) electrons. The number of fused-ring (bicyclic) bond motifs is 1.